The van der Waals surface area contributed by atoms with E-state index in [0.717, 1.165) is 17.0 Å². The van der Waals surface area contributed by atoms with E-state index in [1.165, 1.54) is 4.90 Å². The van der Waals surface area contributed by atoms with Crippen LogP contribution in [0.5, 0.6) is 0 Å². The maximum absolute atomic E-state index is 12.7. The minimum Gasteiger partial charge on any atom is -0.349 e. The van der Waals surface area contributed by atoms with E-state index in [1.54, 1.807) is 6.07 Å². The molecular formula is C18H21N7O3. The van der Waals surface area contributed by atoms with Gasteiger partial charge in [0, 0.05) is 31.5 Å². The number of hydrogen-bond donors (Lipinski definition) is 4. The van der Waals surface area contributed by atoms with Crippen LogP contribution in [0.25, 0.3) is 0 Å². The predicted octanol–water partition coefficient (Wildman–Crippen LogP) is -0.321. The summed E-state index contributed by atoms with van der Waals surface area (Å²) in [5.41, 5.74) is 7.93. The van der Waals surface area contributed by atoms with Crippen molar-refractivity contribution in [2.24, 2.45) is 5.73 Å². The Morgan fingerprint density at radius 3 is 2.93 bits per heavy atom. The van der Waals surface area contributed by atoms with Crippen LogP contribution in [0.3, 0.4) is 0 Å². The average molecular weight is 383 g/mol. The maximum atomic E-state index is 12.7. The van der Waals surface area contributed by atoms with Gasteiger partial charge in [-0.05, 0) is 30.2 Å². The normalized spacial score (nSPS) is 19.0. The number of anilines is 1. The lowest BCUT2D eigenvalue weighted by Gasteiger charge is -2.29. The van der Waals surface area contributed by atoms with Crippen LogP contribution in [0.15, 0.2) is 18.2 Å². The van der Waals surface area contributed by atoms with Crippen molar-refractivity contribution in [1.82, 2.24) is 25.4 Å². The molecule has 28 heavy (non-hydrogen) atoms. The van der Waals surface area contributed by atoms with Crippen LogP contribution in [0.1, 0.15) is 40.2 Å². The van der Waals surface area contributed by atoms with E-state index >= 15 is 0 Å². The molecule has 1 saturated heterocycles. The predicted molar refractivity (Wildman–Crippen MR) is 99.0 cm³/mol. The van der Waals surface area contributed by atoms with Crippen LogP contribution in [0.4, 0.5) is 5.95 Å². The summed E-state index contributed by atoms with van der Waals surface area (Å²) in [6, 6.07) is 4.98. The van der Waals surface area contributed by atoms with E-state index in [0.29, 0.717) is 44.0 Å². The first-order valence-corrected chi connectivity index (χ1v) is 9.17. The van der Waals surface area contributed by atoms with Gasteiger partial charge in [0.25, 0.3) is 5.91 Å². The zero-order valence-corrected chi connectivity index (χ0v) is 15.2. The molecule has 0 bridgehead atoms. The van der Waals surface area contributed by atoms with Crippen molar-refractivity contribution in [3.63, 3.8) is 0 Å². The molecule has 2 aromatic rings. The van der Waals surface area contributed by atoms with Gasteiger partial charge in [-0.25, -0.2) is 0 Å². The Balaban J connectivity index is 1.43. The molecule has 1 unspecified atom stereocenters. The number of nitrogens with zero attached hydrogens (tertiary/aromatic N) is 3. The lowest BCUT2D eigenvalue weighted by Crippen LogP contribution is -2.52. The van der Waals surface area contributed by atoms with Crippen LogP contribution in [-0.4, -0.2) is 50.4 Å². The second-order valence-electron chi connectivity index (χ2n) is 6.89. The van der Waals surface area contributed by atoms with E-state index < -0.39 is 11.9 Å². The number of rotatable bonds is 6. The molecule has 0 saturated carbocycles. The molecule has 10 nitrogen and oxygen atoms in total. The van der Waals surface area contributed by atoms with Gasteiger partial charge >= 0.3 is 0 Å². The van der Waals surface area contributed by atoms with Crippen molar-refractivity contribution in [2.75, 3.05) is 11.9 Å². The zero-order valence-electron chi connectivity index (χ0n) is 15.2. The molecule has 2 aliphatic rings. The van der Waals surface area contributed by atoms with Gasteiger partial charge in [0.2, 0.25) is 17.8 Å². The Bertz CT molecular complexity index is 939. The Labute approximate surface area is 160 Å². The number of benzene rings is 1. The van der Waals surface area contributed by atoms with E-state index in [2.05, 4.69) is 25.8 Å². The minimum atomic E-state index is -0.603. The second-order valence-corrected chi connectivity index (χ2v) is 6.89. The summed E-state index contributed by atoms with van der Waals surface area (Å²) < 4.78 is 0. The van der Waals surface area contributed by atoms with E-state index in [9.17, 15) is 14.4 Å². The van der Waals surface area contributed by atoms with Crippen molar-refractivity contribution in [3.05, 3.63) is 40.7 Å². The van der Waals surface area contributed by atoms with Crippen LogP contribution < -0.4 is 16.4 Å². The number of hydrogen-bond acceptors (Lipinski definition) is 7. The number of amides is 3. The van der Waals surface area contributed by atoms with Crippen molar-refractivity contribution in [2.45, 2.75) is 38.4 Å². The SMILES string of the molecule is NCCc1nc(NCc2ccc3c(c2)CN(C2CCC(=O)NC2=O)C3=O)n[nH]1. The van der Waals surface area contributed by atoms with Gasteiger partial charge in [0.1, 0.15) is 11.9 Å². The van der Waals surface area contributed by atoms with Crippen LogP contribution in [0.2, 0.25) is 0 Å². The summed E-state index contributed by atoms with van der Waals surface area (Å²) in [6.45, 7) is 1.35. The second kappa shape index (κ2) is 7.39. The average Bonchev–Trinajstić information content (AvgIpc) is 3.25. The van der Waals surface area contributed by atoms with E-state index in [1.807, 2.05) is 12.1 Å². The van der Waals surface area contributed by atoms with Crippen LogP contribution in [0, 0.1) is 0 Å². The van der Waals surface area contributed by atoms with E-state index in [4.69, 9.17) is 5.73 Å². The van der Waals surface area contributed by atoms with Crippen LogP contribution >= 0.6 is 0 Å². The van der Waals surface area contributed by atoms with Gasteiger partial charge in [0.05, 0.1) is 0 Å². The Kier molecular flexibility index (Phi) is 4.78. The number of aromatic nitrogens is 3. The number of carbonyl (C=O) groups is 3. The standard InChI is InChI=1S/C18H21N7O3/c19-6-5-14-21-18(24-23-14)20-8-10-1-2-12-11(7-10)9-25(17(12)28)13-3-4-15(26)22-16(13)27/h1-2,7,13H,3-6,8-9,19H2,(H,22,26,27)(H2,20,21,23,24). The molecule has 1 fully saturated rings. The summed E-state index contributed by atoms with van der Waals surface area (Å²) in [7, 11) is 0. The lowest BCUT2D eigenvalue weighted by atomic mass is 10.0. The third-order valence-electron chi connectivity index (χ3n) is 4.95. The third-order valence-corrected chi connectivity index (χ3v) is 4.95. The Hall–Kier alpha value is -3.27. The molecule has 1 atom stereocenters. The van der Waals surface area contributed by atoms with Crippen LogP contribution in [-0.2, 0) is 29.1 Å². The monoisotopic (exact) mass is 383 g/mol. The highest BCUT2D eigenvalue weighted by molar-refractivity contribution is 6.05. The number of piperidine rings is 1. The molecule has 10 heteroatoms. The number of imide groups is 1. The fourth-order valence-electron chi connectivity index (χ4n) is 3.54. The summed E-state index contributed by atoms with van der Waals surface area (Å²) in [6.07, 6.45) is 1.23. The lowest BCUT2D eigenvalue weighted by molar-refractivity contribution is -0.136. The molecule has 3 amide bonds. The molecule has 0 aliphatic carbocycles. The number of aromatic amines is 1. The van der Waals surface area contributed by atoms with Gasteiger partial charge in [-0.2, -0.15) is 4.98 Å². The molecule has 3 heterocycles. The largest absolute Gasteiger partial charge is 0.349 e. The van der Waals surface area contributed by atoms with Crippen molar-refractivity contribution in [1.29, 1.82) is 0 Å². The molecular weight excluding hydrogens is 362 g/mol. The summed E-state index contributed by atoms with van der Waals surface area (Å²) in [5, 5.41) is 12.4. The first-order valence-electron chi connectivity index (χ1n) is 9.17. The highest BCUT2D eigenvalue weighted by atomic mass is 16.2. The Morgan fingerprint density at radius 1 is 1.29 bits per heavy atom. The molecule has 1 aromatic carbocycles. The maximum Gasteiger partial charge on any atom is 0.255 e. The Morgan fingerprint density at radius 2 is 2.14 bits per heavy atom. The third kappa shape index (κ3) is 3.46. The smallest absolute Gasteiger partial charge is 0.255 e. The number of nitrogens with two attached hydrogens (primary N) is 1. The van der Waals surface area contributed by atoms with E-state index in [-0.39, 0.29) is 18.2 Å². The quantitative estimate of drug-likeness (QED) is 0.500. The van der Waals surface area contributed by atoms with Crippen molar-refractivity contribution >= 4 is 23.7 Å². The molecule has 1 aromatic heterocycles. The molecule has 0 radical (unpaired) electrons. The molecule has 2 aliphatic heterocycles. The summed E-state index contributed by atoms with van der Waals surface area (Å²) in [5.74, 6) is 0.344. The topological polar surface area (TPSA) is 146 Å². The highest BCUT2D eigenvalue weighted by Crippen LogP contribution is 2.28. The molecule has 5 N–H and O–H groups in total. The van der Waals surface area contributed by atoms with Gasteiger partial charge in [-0.1, -0.05) is 12.1 Å². The number of H-pyrrole nitrogens is 1. The summed E-state index contributed by atoms with van der Waals surface area (Å²) in [4.78, 5) is 42.0. The highest BCUT2D eigenvalue weighted by Gasteiger charge is 2.38. The van der Waals surface area contributed by atoms with Gasteiger partial charge < -0.3 is 16.0 Å². The fourth-order valence-corrected chi connectivity index (χ4v) is 3.54. The first-order chi connectivity index (χ1) is 13.5. The fraction of sp³-hybridized carbons (Fsp3) is 0.389. The van der Waals surface area contributed by atoms with Gasteiger partial charge in [0.15, 0.2) is 0 Å². The minimum absolute atomic E-state index is 0.176. The van der Waals surface area contributed by atoms with Crippen molar-refractivity contribution in [3.8, 4) is 0 Å². The number of carbonyl (C=O) groups excluding carboxylic acids is 3. The number of fused-ring (bicyclic) bond motifs is 1. The first kappa shape index (κ1) is 18.1. The zero-order chi connectivity index (χ0) is 19.7. The summed E-state index contributed by atoms with van der Waals surface area (Å²) >= 11 is 0. The van der Waals surface area contributed by atoms with Gasteiger partial charge in [-0.15, -0.1) is 5.10 Å². The molecule has 4 rings (SSSR count). The van der Waals surface area contributed by atoms with Crippen molar-refractivity contribution < 1.29 is 14.4 Å². The molecule has 146 valence electrons. The number of nitrogens with one attached hydrogen (secondary N) is 3. The molecule has 0 spiro atoms. The van der Waals surface area contributed by atoms with Gasteiger partial charge in [-0.3, -0.25) is 24.8 Å².